The Balaban J connectivity index is 1.84. The van der Waals surface area contributed by atoms with E-state index in [1.54, 1.807) is 11.0 Å². The summed E-state index contributed by atoms with van der Waals surface area (Å²) in [5.74, 6) is 2.70. The predicted molar refractivity (Wildman–Crippen MR) is 71.7 cm³/mol. The van der Waals surface area contributed by atoms with E-state index in [0.717, 1.165) is 30.3 Å². The average molecular weight is 258 g/mol. The Labute approximate surface area is 112 Å². The molecule has 19 heavy (non-hydrogen) atoms. The molecule has 6 nitrogen and oxygen atoms in total. The lowest BCUT2D eigenvalue weighted by Crippen LogP contribution is -2.15. The largest absolute Gasteiger partial charge is 0.362 e. The second-order valence-electron chi connectivity index (χ2n) is 4.91. The Morgan fingerprint density at radius 1 is 1.26 bits per heavy atom. The highest BCUT2D eigenvalue weighted by Gasteiger charge is 2.16. The summed E-state index contributed by atoms with van der Waals surface area (Å²) in [7, 11) is 1.89. The van der Waals surface area contributed by atoms with E-state index < -0.39 is 0 Å². The molecule has 100 valence electrons. The summed E-state index contributed by atoms with van der Waals surface area (Å²) in [5.41, 5.74) is 2.48. The van der Waals surface area contributed by atoms with Gasteiger partial charge in [-0.2, -0.15) is 5.10 Å². The zero-order chi connectivity index (χ0) is 13.2. The third kappa shape index (κ3) is 2.43. The number of aromatic nitrogens is 5. The molecule has 0 fully saturated rings. The van der Waals surface area contributed by atoms with Gasteiger partial charge in [0.05, 0.1) is 6.54 Å². The first kappa shape index (κ1) is 12.1. The molecule has 0 amide bonds. The molecule has 0 saturated carbocycles. The molecule has 1 aliphatic rings. The van der Waals surface area contributed by atoms with Gasteiger partial charge in [0.2, 0.25) is 0 Å². The van der Waals surface area contributed by atoms with Crippen molar-refractivity contribution >= 4 is 5.82 Å². The minimum atomic E-state index is 0.638. The van der Waals surface area contributed by atoms with Crippen LogP contribution in [0, 0.1) is 6.92 Å². The van der Waals surface area contributed by atoms with E-state index in [1.165, 1.54) is 24.1 Å². The van der Waals surface area contributed by atoms with Crippen LogP contribution in [0.2, 0.25) is 0 Å². The first-order chi connectivity index (χ1) is 9.24. The number of aryl methyl sites for hydroxylation is 3. The lowest BCUT2D eigenvalue weighted by Gasteiger charge is -2.19. The van der Waals surface area contributed by atoms with E-state index in [4.69, 9.17) is 0 Å². The van der Waals surface area contributed by atoms with Gasteiger partial charge in [-0.05, 0) is 32.6 Å². The molecule has 0 radical (unpaired) electrons. The number of nitrogens with zero attached hydrogens (tertiary/aromatic N) is 5. The molecule has 2 aromatic heterocycles. The van der Waals surface area contributed by atoms with Crippen molar-refractivity contribution in [2.75, 3.05) is 5.32 Å². The fourth-order valence-electron chi connectivity index (χ4n) is 2.51. The van der Waals surface area contributed by atoms with Gasteiger partial charge in [-0.15, -0.1) is 0 Å². The van der Waals surface area contributed by atoms with Crippen LogP contribution in [0.3, 0.4) is 0 Å². The Hall–Kier alpha value is -1.98. The van der Waals surface area contributed by atoms with Gasteiger partial charge in [0, 0.05) is 18.3 Å². The highest BCUT2D eigenvalue weighted by Crippen LogP contribution is 2.25. The van der Waals surface area contributed by atoms with Gasteiger partial charge < -0.3 is 5.32 Å². The van der Waals surface area contributed by atoms with Crippen molar-refractivity contribution in [1.29, 1.82) is 0 Å². The topological polar surface area (TPSA) is 68.5 Å². The molecule has 6 heteroatoms. The smallest absolute Gasteiger partial charge is 0.145 e. The molecule has 0 unspecified atom stereocenters. The zero-order valence-electron chi connectivity index (χ0n) is 11.3. The van der Waals surface area contributed by atoms with Crippen LogP contribution in [0.5, 0.6) is 0 Å². The highest BCUT2D eigenvalue weighted by atomic mass is 15.3. The molecule has 2 aromatic rings. The predicted octanol–water partition coefficient (Wildman–Crippen LogP) is 1.40. The van der Waals surface area contributed by atoms with Crippen molar-refractivity contribution in [1.82, 2.24) is 24.7 Å². The fraction of sp³-hybridized carbons (Fsp3) is 0.538. The van der Waals surface area contributed by atoms with Crippen LogP contribution in [0.4, 0.5) is 5.82 Å². The molecular formula is C13H18N6. The second kappa shape index (κ2) is 4.95. The normalized spacial score (nSPS) is 14.2. The van der Waals surface area contributed by atoms with Crippen molar-refractivity contribution in [3.8, 4) is 0 Å². The van der Waals surface area contributed by atoms with Crippen molar-refractivity contribution < 1.29 is 0 Å². The number of fused-ring (bicyclic) bond motifs is 1. The quantitative estimate of drug-likeness (QED) is 0.901. The van der Waals surface area contributed by atoms with Crippen LogP contribution in [0.15, 0.2) is 6.33 Å². The standard InChI is InChI=1S/C13H18N6/c1-9-17-11-6-4-3-5-10(11)13(18-9)14-7-12-15-8-16-19(12)2/h8H,3-7H2,1-2H3,(H,14,17,18). The Morgan fingerprint density at radius 2 is 2.11 bits per heavy atom. The van der Waals surface area contributed by atoms with Gasteiger partial charge >= 0.3 is 0 Å². The van der Waals surface area contributed by atoms with Crippen LogP contribution in [-0.4, -0.2) is 24.7 Å². The third-order valence-corrected chi connectivity index (χ3v) is 3.51. The van der Waals surface area contributed by atoms with Gasteiger partial charge in [-0.3, -0.25) is 4.68 Å². The van der Waals surface area contributed by atoms with E-state index in [2.05, 4.69) is 25.4 Å². The summed E-state index contributed by atoms with van der Waals surface area (Å²) in [4.78, 5) is 13.3. The van der Waals surface area contributed by atoms with E-state index >= 15 is 0 Å². The summed E-state index contributed by atoms with van der Waals surface area (Å²) in [5, 5.41) is 7.45. The summed E-state index contributed by atoms with van der Waals surface area (Å²) < 4.78 is 1.77. The lowest BCUT2D eigenvalue weighted by molar-refractivity contribution is 0.657. The summed E-state index contributed by atoms with van der Waals surface area (Å²) in [6, 6.07) is 0. The maximum absolute atomic E-state index is 4.55. The van der Waals surface area contributed by atoms with Crippen LogP contribution in [0.25, 0.3) is 0 Å². The van der Waals surface area contributed by atoms with E-state index in [9.17, 15) is 0 Å². The summed E-state index contributed by atoms with van der Waals surface area (Å²) in [6.45, 7) is 2.59. The summed E-state index contributed by atoms with van der Waals surface area (Å²) >= 11 is 0. The number of hydrogen-bond donors (Lipinski definition) is 1. The second-order valence-corrected chi connectivity index (χ2v) is 4.91. The van der Waals surface area contributed by atoms with Gasteiger partial charge in [0.25, 0.3) is 0 Å². The SMILES string of the molecule is Cc1nc2c(c(NCc3ncnn3C)n1)CCCC2. The number of nitrogens with one attached hydrogen (secondary N) is 1. The minimum Gasteiger partial charge on any atom is -0.362 e. The Morgan fingerprint density at radius 3 is 2.89 bits per heavy atom. The lowest BCUT2D eigenvalue weighted by atomic mass is 9.96. The highest BCUT2D eigenvalue weighted by molar-refractivity contribution is 5.47. The molecule has 0 saturated heterocycles. The molecule has 1 aliphatic carbocycles. The molecule has 2 heterocycles. The van der Waals surface area contributed by atoms with E-state index in [-0.39, 0.29) is 0 Å². The van der Waals surface area contributed by atoms with Crippen molar-refractivity contribution in [2.45, 2.75) is 39.2 Å². The Bertz CT molecular complexity index is 589. The van der Waals surface area contributed by atoms with Crippen LogP contribution in [-0.2, 0) is 26.4 Å². The zero-order valence-corrected chi connectivity index (χ0v) is 11.3. The van der Waals surface area contributed by atoms with Crippen LogP contribution >= 0.6 is 0 Å². The van der Waals surface area contributed by atoms with Gasteiger partial charge in [-0.1, -0.05) is 0 Å². The molecule has 0 aromatic carbocycles. The first-order valence-corrected chi connectivity index (χ1v) is 6.67. The molecular weight excluding hydrogens is 240 g/mol. The monoisotopic (exact) mass is 258 g/mol. The molecule has 0 aliphatic heterocycles. The van der Waals surface area contributed by atoms with Crippen molar-refractivity contribution in [3.05, 3.63) is 29.2 Å². The molecule has 0 bridgehead atoms. The molecule has 0 atom stereocenters. The van der Waals surface area contributed by atoms with E-state index in [1.807, 2.05) is 14.0 Å². The van der Waals surface area contributed by atoms with Gasteiger partial charge in [0.15, 0.2) is 0 Å². The maximum Gasteiger partial charge on any atom is 0.145 e. The number of hydrogen-bond acceptors (Lipinski definition) is 5. The maximum atomic E-state index is 4.55. The first-order valence-electron chi connectivity index (χ1n) is 6.67. The third-order valence-electron chi connectivity index (χ3n) is 3.51. The number of anilines is 1. The Kier molecular flexibility index (Phi) is 3.15. The fourth-order valence-corrected chi connectivity index (χ4v) is 2.51. The average Bonchev–Trinajstić information content (AvgIpc) is 2.81. The van der Waals surface area contributed by atoms with Gasteiger partial charge in [-0.25, -0.2) is 15.0 Å². The molecule has 3 rings (SSSR count). The minimum absolute atomic E-state index is 0.638. The van der Waals surface area contributed by atoms with E-state index in [0.29, 0.717) is 6.54 Å². The van der Waals surface area contributed by atoms with Crippen molar-refractivity contribution in [3.63, 3.8) is 0 Å². The van der Waals surface area contributed by atoms with Gasteiger partial charge in [0.1, 0.15) is 23.8 Å². The van der Waals surface area contributed by atoms with Crippen LogP contribution in [0.1, 0.15) is 35.7 Å². The number of rotatable bonds is 3. The molecule has 0 spiro atoms. The molecule has 1 N–H and O–H groups in total. The van der Waals surface area contributed by atoms with Crippen molar-refractivity contribution in [2.24, 2.45) is 7.05 Å². The van der Waals surface area contributed by atoms with Crippen LogP contribution < -0.4 is 5.32 Å². The summed E-state index contributed by atoms with van der Waals surface area (Å²) in [6.07, 6.45) is 6.15.